The number of aliphatic hydroxyl groups excluding tert-OH is 3. The lowest BCUT2D eigenvalue weighted by Gasteiger charge is -2.25. The third-order valence-electron chi connectivity index (χ3n) is 16.2. The third-order valence-corrected chi connectivity index (χ3v) is 16.2. The van der Waals surface area contributed by atoms with E-state index < -0.39 is 30.1 Å². The summed E-state index contributed by atoms with van der Waals surface area (Å²) in [6.07, 6.45) is 2.13. The molecule has 3 atom stereocenters. The Bertz CT molecular complexity index is 3490. The van der Waals surface area contributed by atoms with Crippen molar-refractivity contribution < 1.29 is 42.7 Å². The van der Waals surface area contributed by atoms with Crippen LogP contribution in [-0.4, -0.2) is 92.8 Å². The number of pyridine rings is 1. The van der Waals surface area contributed by atoms with Gasteiger partial charge in [0, 0.05) is 70.7 Å². The van der Waals surface area contributed by atoms with E-state index in [1.54, 1.807) is 6.20 Å². The number of benzene rings is 9. The molecule has 0 bridgehead atoms. The minimum Gasteiger partial charge on any atom is -0.491 e. The predicted molar refractivity (Wildman–Crippen MR) is 369 cm³/mol. The number of aromatic nitrogens is 1. The van der Waals surface area contributed by atoms with Crippen LogP contribution in [0.1, 0.15) is 82.5 Å². The zero-order valence-electron chi connectivity index (χ0n) is 53.4. The van der Waals surface area contributed by atoms with Gasteiger partial charge in [0.15, 0.2) is 0 Å². The maximum atomic E-state index is 12.6. The average molecular weight is 1270 g/mol. The van der Waals surface area contributed by atoms with E-state index >= 15 is 0 Å². The van der Waals surface area contributed by atoms with E-state index in [2.05, 4.69) is 117 Å². The molecule has 13 heteroatoms. The van der Waals surface area contributed by atoms with E-state index in [0.717, 1.165) is 72.2 Å². The number of halogens is 3. The number of ether oxygens (including phenoxy) is 3. The fourth-order valence-corrected chi connectivity index (χ4v) is 11.5. The largest absolute Gasteiger partial charge is 0.491 e. The van der Waals surface area contributed by atoms with Gasteiger partial charge in [0.1, 0.15) is 55.4 Å². The maximum Gasteiger partial charge on any atom is 0.416 e. The second-order valence-electron chi connectivity index (χ2n) is 24.0. The summed E-state index contributed by atoms with van der Waals surface area (Å²) in [5.41, 5.74) is 9.86. The molecule has 0 aliphatic heterocycles. The first-order chi connectivity index (χ1) is 45.9. The van der Waals surface area contributed by atoms with Gasteiger partial charge in [0.05, 0.1) is 11.3 Å². The molecule has 3 unspecified atom stereocenters. The second-order valence-corrected chi connectivity index (χ2v) is 24.0. The van der Waals surface area contributed by atoms with E-state index in [9.17, 15) is 28.5 Å². The van der Waals surface area contributed by atoms with Crippen molar-refractivity contribution in [2.45, 2.75) is 102 Å². The summed E-state index contributed by atoms with van der Waals surface area (Å²) in [4.78, 5) is 11.0. The molecule has 1 heterocycles. The van der Waals surface area contributed by atoms with E-state index in [1.807, 2.05) is 152 Å². The number of hydrogen-bond donors (Lipinski definition) is 3. The van der Waals surface area contributed by atoms with Crippen molar-refractivity contribution in [3.05, 3.63) is 324 Å². The molecule has 1 saturated carbocycles. The Balaban J connectivity index is 0.000000166. The van der Waals surface area contributed by atoms with Gasteiger partial charge in [-0.2, -0.15) is 13.2 Å². The van der Waals surface area contributed by atoms with Gasteiger partial charge in [-0.15, -0.1) is 0 Å². The molecule has 0 amide bonds. The molecule has 488 valence electrons. The highest BCUT2D eigenvalue weighted by molar-refractivity contribution is 5.59. The monoisotopic (exact) mass is 1270 g/mol. The van der Waals surface area contributed by atoms with Gasteiger partial charge in [0.25, 0.3) is 0 Å². The molecule has 3 N–H and O–H groups in total. The molecule has 1 aromatic heterocycles. The molecule has 1 aliphatic rings. The predicted octanol–water partition coefficient (Wildman–Crippen LogP) is 16.5. The summed E-state index contributed by atoms with van der Waals surface area (Å²) in [7, 11) is 0. The number of hydrogen-bond acceptors (Lipinski definition) is 10. The van der Waals surface area contributed by atoms with Gasteiger partial charge in [0.2, 0.25) is 0 Å². The van der Waals surface area contributed by atoms with Gasteiger partial charge in [-0.3, -0.25) is 19.7 Å². The Morgan fingerprint density at radius 3 is 0.957 bits per heavy atom. The molecule has 10 aromatic rings. The van der Waals surface area contributed by atoms with Crippen LogP contribution in [0.4, 0.5) is 13.2 Å². The summed E-state index contributed by atoms with van der Waals surface area (Å²) < 4.78 is 55.2. The second kappa shape index (κ2) is 37.7. The first-order valence-corrected chi connectivity index (χ1v) is 32.5. The van der Waals surface area contributed by atoms with Gasteiger partial charge >= 0.3 is 6.18 Å². The van der Waals surface area contributed by atoms with Gasteiger partial charge < -0.3 is 29.5 Å². The summed E-state index contributed by atoms with van der Waals surface area (Å²) in [6, 6.07) is 88.1. The number of alkyl halides is 3. The molecule has 11 rings (SSSR count). The van der Waals surface area contributed by atoms with Gasteiger partial charge in [-0.25, -0.2) is 0 Å². The summed E-state index contributed by atoms with van der Waals surface area (Å²) in [5, 5.41) is 31.9. The van der Waals surface area contributed by atoms with Crippen LogP contribution < -0.4 is 14.2 Å². The molecule has 0 spiro atoms. The van der Waals surface area contributed by atoms with Crippen LogP contribution in [0.3, 0.4) is 0 Å². The Morgan fingerprint density at radius 2 is 0.660 bits per heavy atom. The lowest BCUT2D eigenvalue weighted by Crippen LogP contribution is -2.35. The molecule has 1 fully saturated rings. The van der Waals surface area contributed by atoms with Gasteiger partial charge in [-0.05, 0) is 131 Å². The smallest absolute Gasteiger partial charge is 0.416 e. The normalized spacial score (nSPS) is 13.4. The van der Waals surface area contributed by atoms with E-state index in [4.69, 9.17) is 14.2 Å². The number of aliphatic hydroxyl groups is 3. The molecule has 94 heavy (non-hydrogen) atoms. The fraction of sp³-hybridized carbons (Fsp3) is 0.272. The van der Waals surface area contributed by atoms with Crippen LogP contribution in [-0.2, 0) is 45.4 Å². The van der Waals surface area contributed by atoms with Crippen LogP contribution in [0.15, 0.2) is 279 Å². The first kappa shape index (κ1) is 69.4. The Morgan fingerprint density at radius 1 is 0.362 bits per heavy atom. The molecule has 0 radical (unpaired) electrons. The molecule has 9 aromatic carbocycles. The summed E-state index contributed by atoms with van der Waals surface area (Å²) in [5.74, 6) is 2.57. The first-order valence-electron chi connectivity index (χ1n) is 32.5. The lowest BCUT2D eigenvalue weighted by atomic mass is 9.84. The summed E-state index contributed by atoms with van der Waals surface area (Å²) in [6.45, 7) is 6.42. The number of rotatable bonds is 29. The minimum absolute atomic E-state index is 0.00849. The standard InChI is InChI=1S/C29H35NO2.C28H28N2O2.C24H24F3NO2/c31-28(23-32-29-18-16-27(17-19-29)26-14-8-3-9-15-26)22-30(20-24-10-4-1-5-11-24)21-25-12-6-2-7-13-25;31-26(22-32-27-16-14-25(15-17-27)28-13-7-8-18-29-28)21-30(19-23-9-3-1-4-10-23)20-24-11-5-2-6-12-24;25-24(26,27)21-11-13-23(14-12-21)30-18-22(29)17-28(15-19-7-3-1-4-8-19)16-20-9-5-2-6-10-20/h1-2,4-7,10-13,16-19,26,28,31H,3,8-9,14-15,20-23H2;1-18,26,31H,19-22H2;1-14,22,29H,15-18H2. The topological polar surface area (TPSA) is 111 Å². The van der Waals surface area contributed by atoms with Crippen molar-refractivity contribution in [1.29, 1.82) is 0 Å². The average Bonchev–Trinajstić information content (AvgIpc) is 1.86. The van der Waals surface area contributed by atoms with Crippen LogP contribution in [0.2, 0.25) is 0 Å². The zero-order valence-corrected chi connectivity index (χ0v) is 53.4. The SMILES string of the molecule is OC(COc1ccc(-c2ccccn2)cc1)CN(Cc1ccccc1)Cc1ccccc1.OC(COc1ccc(C(F)(F)F)cc1)CN(Cc1ccccc1)Cc1ccccc1.OC(COc1ccc(C2CCCCC2)cc1)CN(Cc1ccccc1)Cc1ccccc1. The van der Waals surface area contributed by atoms with Crippen molar-refractivity contribution in [2.24, 2.45) is 0 Å². The van der Waals surface area contributed by atoms with Crippen LogP contribution >= 0.6 is 0 Å². The Labute approximate surface area is 553 Å². The quantitative estimate of drug-likeness (QED) is 0.0419. The Kier molecular flexibility index (Phi) is 27.8. The highest BCUT2D eigenvalue weighted by Crippen LogP contribution is 2.34. The minimum atomic E-state index is -4.38. The molecular formula is C81H87F3N4O6. The van der Waals surface area contributed by atoms with Crippen molar-refractivity contribution in [1.82, 2.24) is 19.7 Å². The summed E-state index contributed by atoms with van der Waals surface area (Å²) >= 11 is 0. The van der Waals surface area contributed by atoms with E-state index in [0.29, 0.717) is 51.0 Å². The highest BCUT2D eigenvalue weighted by atomic mass is 19.4. The van der Waals surface area contributed by atoms with Crippen LogP contribution in [0.5, 0.6) is 17.2 Å². The fourth-order valence-electron chi connectivity index (χ4n) is 11.5. The molecule has 10 nitrogen and oxygen atoms in total. The van der Waals surface area contributed by atoms with Crippen LogP contribution in [0, 0.1) is 0 Å². The Hall–Kier alpha value is -8.92. The van der Waals surface area contributed by atoms with Crippen molar-refractivity contribution in [3.8, 4) is 28.5 Å². The maximum absolute atomic E-state index is 12.6. The molecule has 0 saturated heterocycles. The molecular weight excluding hydrogens is 1180 g/mol. The van der Waals surface area contributed by atoms with Crippen LogP contribution in [0.25, 0.3) is 11.3 Å². The van der Waals surface area contributed by atoms with Crippen molar-refractivity contribution in [2.75, 3.05) is 39.5 Å². The lowest BCUT2D eigenvalue weighted by molar-refractivity contribution is -0.137. The third kappa shape index (κ3) is 24.8. The zero-order chi connectivity index (χ0) is 65.4. The molecule has 1 aliphatic carbocycles. The van der Waals surface area contributed by atoms with E-state index in [1.165, 1.54) is 72.1 Å². The van der Waals surface area contributed by atoms with Crippen molar-refractivity contribution >= 4 is 0 Å². The van der Waals surface area contributed by atoms with E-state index in [-0.39, 0.29) is 13.2 Å². The highest BCUT2D eigenvalue weighted by Gasteiger charge is 2.30. The van der Waals surface area contributed by atoms with Crippen molar-refractivity contribution in [3.63, 3.8) is 0 Å². The number of nitrogens with zero attached hydrogens (tertiary/aromatic N) is 4. The van der Waals surface area contributed by atoms with Gasteiger partial charge in [-0.1, -0.05) is 219 Å².